The van der Waals surface area contributed by atoms with E-state index in [2.05, 4.69) is 0 Å². The second-order valence-electron chi connectivity index (χ2n) is 6.65. The fourth-order valence-electron chi connectivity index (χ4n) is 3.71. The number of hydrogen-bond donors (Lipinski definition) is 1. The number of amides is 2. The van der Waals surface area contributed by atoms with Crippen LogP contribution in [0.4, 0.5) is 0 Å². The van der Waals surface area contributed by atoms with Crippen LogP contribution in [0.1, 0.15) is 30.9 Å². The molecule has 0 bridgehead atoms. The van der Waals surface area contributed by atoms with Crippen LogP contribution in [-0.4, -0.2) is 59.1 Å². The Balaban J connectivity index is 1.77. The maximum Gasteiger partial charge on any atom is 0.256 e. The molecule has 2 heterocycles. The number of carbonyl (C=O) groups excluding carboxylic acids is 2. The average molecular weight is 332 g/mol. The summed E-state index contributed by atoms with van der Waals surface area (Å²) in [5.41, 5.74) is 0.710. The Hall–Kier alpha value is -2.08. The van der Waals surface area contributed by atoms with Crippen molar-refractivity contribution in [3.63, 3.8) is 0 Å². The number of β-amino-alcohol motifs (C(OH)–C–C–N with tert-alkyl or cyclic N) is 1. The molecular weight excluding hydrogens is 308 g/mol. The number of methoxy groups -OCH3 is 1. The van der Waals surface area contributed by atoms with Crippen LogP contribution >= 0.6 is 0 Å². The molecule has 0 spiro atoms. The van der Waals surface area contributed by atoms with Gasteiger partial charge in [0.25, 0.3) is 5.91 Å². The first-order valence-corrected chi connectivity index (χ1v) is 8.36. The maximum atomic E-state index is 12.9. The number of aliphatic hydroxyl groups is 1. The molecule has 6 heteroatoms. The molecule has 2 aliphatic heterocycles. The van der Waals surface area contributed by atoms with Crippen LogP contribution < -0.4 is 4.74 Å². The van der Waals surface area contributed by atoms with E-state index < -0.39 is 5.60 Å². The molecular formula is C18H24N2O4. The van der Waals surface area contributed by atoms with Crippen LogP contribution in [0.5, 0.6) is 5.75 Å². The van der Waals surface area contributed by atoms with Crippen molar-refractivity contribution in [2.45, 2.75) is 38.3 Å². The molecule has 1 unspecified atom stereocenters. The molecule has 1 atom stereocenters. The van der Waals surface area contributed by atoms with Gasteiger partial charge in [0.2, 0.25) is 5.91 Å². The van der Waals surface area contributed by atoms with Crippen molar-refractivity contribution in [1.29, 1.82) is 0 Å². The summed E-state index contributed by atoms with van der Waals surface area (Å²) in [4.78, 5) is 27.8. The molecule has 3 rings (SSSR count). The molecule has 130 valence electrons. The van der Waals surface area contributed by atoms with Crippen molar-refractivity contribution in [3.05, 3.63) is 29.3 Å². The van der Waals surface area contributed by atoms with Gasteiger partial charge in [0.15, 0.2) is 5.60 Å². The van der Waals surface area contributed by atoms with Gasteiger partial charge in [0, 0.05) is 32.1 Å². The van der Waals surface area contributed by atoms with E-state index in [1.54, 1.807) is 16.9 Å². The van der Waals surface area contributed by atoms with E-state index in [0.717, 1.165) is 16.9 Å². The molecule has 6 nitrogen and oxygen atoms in total. The van der Waals surface area contributed by atoms with Gasteiger partial charge in [-0.3, -0.25) is 9.59 Å². The summed E-state index contributed by atoms with van der Waals surface area (Å²) >= 11 is 0. The number of nitrogens with zero attached hydrogens (tertiary/aromatic N) is 2. The molecule has 0 aromatic heterocycles. The average Bonchev–Trinajstić information content (AvgIpc) is 2.60. The van der Waals surface area contributed by atoms with Crippen LogP contribution in [-0.2, 0) is 22.6 Å². The third-order valence-corrected chi connectivity index (χ3v) is 5.04. The third-order valence-electron chi connectivity index (χ3n) is 5.04. The van der Waals surface area contributed by atoms with E-state index in [4.69, 9.17) is 4.74 Å². The SMILES string of the molecule is COc1cccc2c1CCN(C(=O)C1(O)CCCN(C(C)=O)C1)C2. The summed E-state index contributed by atoms with van der Waals surface area (Å²) in [7, 11) is 1.65. The Morgan fingerprint density at radius 1 is 1.25 bits per heavy atom. The largest absolute Gasteiger partial charge is 0.496 e. The Morgan fingerprint density at radius 3 is 2.75 bits per heavy atom. The highest BCUT2D eigenvalue weighted by Crippen LogP contribution is 2.30. The highest BCUT2D eigenvalue weighted by atomic mass is 16.5. The lowest BCUT2D eigenvalue weighted by Crippen LogP contribution is -2.59. The fraction of sp³-hybridized carbons (Fsp3) is 0.556. The molecule has 1 fully saturated rings. The first-order valence-electron chi connectivity index (χ1n) is 8.36. The molecule has 1 aromatic carbocycles. The molecule has 2 aliphatic rings. The van der Waals surface area contributed by atoms with Gasteiger partial charge in [0.1, 0.15) is 5.75 Å². The molecule has 0 radical (unpaired) electrons. The summed E-state index contributed by atoms with van der Waals surface area (Å²) in [6.07, 6.45) is 1.74. The highest BCUT2D eigenvalue weighted by Gasteiger charge is 2.44. The van der Waals surface area contributed by atoms with E-state index in [1.807, 2.05) is 18.2 Å². The molecule has 1 N–H and O–H groups in total. The lowest BCUT2D eigenvalue weighted by atomic mass is 9.89. The first-order chi connectivity index (χ1) is 11.4. The summed E-state index contributed by atoms with van der Waals surface area (Å²) < 4.78 is 5.39. The van der Waals surface area contributed by atoms with Gasteiger partial charge in [-0.25, -0.2) is 0 Å². The Kier molecular flexibility index (Phi) is 4.49. The van der Waals surface area contributed by atoms with Gasteiger partial charge >= 0.3 is 0 Å². The minimum atomic E-state index is -1.47. The topological polar surface area (TPSA) is 70.1 Å². The van der Waals surface area contributed by atoms with Gasteiger partial charge in [-0.2, -0.15) is 0 Å². The molecule has 1 aromatic rings. The molecule has 1 saturated heterocycles. The van der Waals surface area contributed by atoms with Crippen LogP contribution in [0.15, 0.2) is 18.2 Å². The van der Waals surface area contributed by atoms with Gasteiger partial charge in [-0.15, -0.1) is 0 Å². The van der Waals surface area contributed by atoms with Gasteiger partial charge < -0.3 is 19.6 Å². The summed E-state index contributed by atoms with van der Waals surface area (Å²) in [6.45, 7) is 3.18. The van der Waals surface area contributed by atoms with E-state index in [1.165, 1.54) is 6.92 Å². The Bertz CT molecular complexity index is 660. The van der Waals surface area contributed by atoms with Gasteiger partial charge in [-0.1, -0.05) is 12.1 Å². The number of piperidine rings is 1. The summed E-state index contributed by atoms with van der Waals surface area (Å²) in [5.74, 6) is 0.468. The highest BCUT2D eigenvalue weighted by molar-refractivity contribution is 5.86. The van der Waals surface area contributed by atoms with Gasteiger partial charge in [0.05, 0.1) is 13.7 Å². The van der Waals surface area contributed by atoms with Gasteiger partial charge in [-0.05, 0) is 30.9 Å². The number of hydrogen-bond acceptors (Lipinski definition) is 4. The van der Waals surface area contributed by atoms with Crippen LogP contribution in [0.2, 0.25) is 0 Å². The van der Waals surface area contributed by atoms with E-state index in [-0.39, 0.29) is 18.4 Å². The Morgan fingerprint density at radius 2 is 2.04 bits per heavy atom. The smallest absolute Gasteiger partial charge is 0.256 e. The summed E-state index contributed by atoms with van der Waals surface area (Å²) in [6, 6.07) is 5.83. The summed E-state index contributed by atoms with van der Waals surface area (Å²) in [5, 5.41) is 10.9. The zero-order chi connectivity index (χ0) is 17.3. The van der Waals surface area contributed by atoms with Crippen LogP contribution in [0.3, 0.4) is 0 Å². The van der Waals surface area contributed by atoms with Crippen molar-refractivity contribution in [2.75, 3.05) is 26.7 Å². The zero-order valence-electron chi connectivity index (χ0n) is 14.2. The fourth-order valence-corrected chi connectivity index (χ4v) is 3.71. The normalized spacial score (nSPS) is 23.6. The van der Waals surface area contributed by atoms with Crippen LogP contribution in [0.25, 0.3) is 0 Å². The third kappa shape index (κ3) is 2.98. The maximum absolute atomic E-state index is 12.9. The quantitative estimate of drug-likeness (QED) is 0.875. The number of likely N-dealkylation sites (tertiary alicyclic amines) is 1. The zero-order valence-corrected chi connectivity index (χ0v) is 14.2. The minimum Gasteiger partial charge on any atom is -0.496 e. The lowest BCUT2D eigenvalue weighted by Gasteiger charge is -2.41. The van der Waals surface area contributed by atoms with E-state index in [0.29, 0.717) is 38.9 Å². The molecule has 24 heavy (non-hydrogen) atoms. The van der Waals surface area contributed by atoms with Crippen molar-refractivity contribution < 1.29 is 19.4 Å². The second kappa shape index (κ2) is 6.43. The molecule has 0 saturated carbocycles. The van der Waals surface area contributed by atoms with Crippen molar-refractivity contribution in [1.82, 2.24) is 9.80 Å². The molecule has 2 amide bonds. The van der Waals surface area contributed by atoms with Crippen molar-refractivity contribution in [3.8, 4) is 5.75 Å². The number of ether oxygens (including phenoxy) is 1. The van der Waals surface area contributed by atoms with Crippen molar-refractivity contribution >= 4 is 11.8 Å². The minimum absolute atomic E-state index is 0.0859. The predicted molar refractivity (Wildman–Crippen MR) is 88.6 cm³/mol. The number of fused-ring (bicyclic) bond motifs is 1. The van der Waals surface area contributed by atoms with E-state index in [9.17, 15) is 14.7 Å². The Labute approximate surface area is 142 Å². The standard InChI is InChI=1S/C18H24N2O4/c1-13(21)20-9-4-8-18(23,12-20)17(22)19-10-7-15-14(11-19)5-3-6-16(15)24-2/h3,5-6,23H,4,7-12H2,1-2H3. The monoisotopic (exact) mass is 332 g/mol. The van der Waals surface area contributed by atoms with Crippen LogP contribution in [0, 0.1) is 0 Å². The predicted octanol–water partition coefficient (Wildman–Crippen LogP) is 0.953. The molecule has 0 aliphatic carbocycles. The van der Waals surface area contributed by atoms with E-state index >= 15 is 0 Å². The second-order valence-corrected chi connectivity index (χ2v) is 6.65. The van der Waals surface area contributed by atoms with Crippen molar-refractivity contribution in [2.24, 2.45) is 0 Å². The number of benzene rings is 1. The number of rotatable bonds is 2. The number of carbonyl (C=O) groups is 2. The lowest BCUT2D eigenvalue weighted by molar-refractivity contribution is -0.160. The first kappa shape index (κ1) is 16.8.